The molecule has 0 aliphatic carbocycles. The van der Waals surface area contributed by atoms with Gasteiger partial charge in [0.2, 0.25) is 5.91 Å². The lowest BCUT2D eigenvalue weighted by Crippen LogP contribution is -2.50. The minimum atomic E-state index is -0.688. The van der Waals surface area contributed by atoms with Crippen LogP contribution in [-0.4, -0.2) is 51.7 Å². The van der Waals surface area contributed by atoms with Gasteiger partial charge in [-0.05, 0) is 44.0 Å². The van der Waals surface area contributed by atoms with E-state index < -0.39 is 6.04 Å². The summed E-state index contributed by atoms with van der Waals surface area (Å²) in [6, 6.07) is 23.5. The molecule has 0 unspecified atom stereocenters. The lowest BCUT2D eigenvalue weighted by molar-refractivity contribution is -0.136. The van der Waals surface area contributed by atoms with Crippen LogP contribution in [0.1, 0.15) is 29.7 Å². The molecule has 0 bridgehead atoms. The summed E-state index contributed by atoms with van der Waals surface area (Å²) in [5.41, 5.74) is 4.96. The second-order valence-corrected chi connectivity index (χ2v) is 9.73. The number of nitrogens with zero attached hydrogens (tertiary/aromatic N) is 4. The third-order valence-corrected chi connectivity index (χ3v) is 7.13. The monoisotopic (exact) mass is 480 g/mol. The smallest absolute Gasteiger partial charge is 0.275 e. The molecular weight excluding hydrogens is 448 g/mol. The van der Waals surface area contributed by atoms with E-state index in [1.54, 1.807) is 6.92 Å². The van der Waals surface area contributed by atoms with Crippen LogP contribution < -0.4 is 5.56 Å². The molecule has 5 rings (SSSR count). The van der Waals surface area contributed by atoms with Crippen LogP contribution in [0.2, 0.25) is 0 Å². The Labute approximate surface area is 211 Å². The van der Waals surface area contributed by atoms with Crippen molar-refractivity contribution in [3.05, 3.63) is 99.8 Å². The number of hydrogen-bond donors (Lipinski definition) is 0. The predicted octanol–water partition coefficient (Wildman–Crippen LogP) is 4.59. The number of fused-ring (bicyclic) bond motifs is 1. The largest absolute Gasteiger partial charge is 0.338 e. The summed E-state index contributed by atoms with van der Waals surface area (Å²) in [4.78, 5) is 31.2. The first kappa shape index (κ1) is 23.9. The van der Waals surface area contributed by atoms with Crippen LogP contribution in [0.5, 0.6) is 0 Å². The maximum atomic E-state index is 13.5. The minimum Gasteiger partial charge on any atom is -0.338 e. The Hall–Kier alpha value is -3.77. The van der Waals surface area contributed by atoms with E-state index in [4.69, 9.17) is 5.10 Å². The average molecular weight is 481 g/mol. The summed E-state index contributed by atoms with van der Waals surface area (Å²) in [5, 5.41) is 6.19. The molecule has 4 aromatic rings. The Kier molecular flexibility index (Phi) is 6.70. The van der Waals surface area contributed by atoms with Gasteiger partial charge in [0.05, 0.1) is 11.1 Å². The van der Waals surface area contributed by atoms with E-state index in [0.29, 0.717) is 18.5 Å². The van der Waals surface area contributed by atoms with Crippen LogP contribution in [-0.2, 0) is 11.3 Å². The number of aromatic nitrogens is 2. The summed E-state index contributed by atoms with van der Waals surface area (Å²) in [6.45, 7) is 9.65. The summed E-state index contributed by atoms with van der Waals surface area (Å²) in [5.74, 6) is -0.0637. The van der Waals surface area contributed by atoms with Gasteiger partial charge in [0.15, 0.2) is 0 Å². The van der Waals surface area contributed by atoms with Crippen LogP contribution >= 0.6 is 0 Å². The van der Waals surface area contributed by atoms with Gasteiger partial charge in [-0.25, -0.2) is 4.68 Å². The number of piperazine rings is 1. The maximum Gasteiger partial charge on any atom is 0.275 e. The zero-order chi connectivity index (χ0) is 25.2. The highest BCUT2D eigenvalue weighted by atomic mass is 16.2. The number of rotatable bonds is 5. The maximum absolute atomic E-state index is 13.5. The van der Waals surface area contributed by atoms with E-state index in [-0.39, 0.29) is 11.5 Å². The van der Waals surface area contributed by atoms with Crippen molar-refractivity contribution in [2.75, 3.05) is 26.2 Å². The van der Waals surface area contributed by atoms with Crippen molar-refractivity contribution in [2.45, 2.75) is 33.4 Å². The highest BCUT2D eigenvalue weighted by Crippen LogP contribution is 2.29. The average Bonchev–Trinajstić information content (AvgIpc) is 2.91. The van der Waals surface area contributed by atoms with Gasteiger partial charge in [0.1, 0.15) is 6.04 Å². The first-order valence-corrected chi connectivity index (χ1v) is 12.6. The van der Waals surface area contributed by atoms with Crippen molar-refractivity contribution < 1.29 is 4.79 Å². The molecule has 184 valence electrons. The first-order chi connectivity index (χ1) is 17.4. The van der Waals surface area contributed by atoms with E-state index in [1.165, 1.54) is 10.2 Å². The Balaban J connectivity index is 1.42. The number of carbonyl (C=O) groups is 1. The van der Waals surface area contributed by atoms with Gasteiger partial charge in [0.25, 0.3) is 5.56 Å². The van der Waals surface area contributed by atoms with Gasteiger partial charge in [-0.1, -0.05) is 66.2 Å². The number of amides is 1. The molecule has 6 heteroatoms. The lowest BCUT2D eigenvalue weighted by Gasteiger charge is -2.36. The van der Waals surface area contributed by atoms with Crippen LogP contribution in [0.3, 0.4) is 0 Å². The second kappa shape index (κ2) is 10.1. The summed E-state index contributed by atoms with van der Waals surface area (Å²) in [7, 11) is 0. The zero-order valence-corrected chi connectivity index (χ0v) is 21.1. The molecule has 1 fully saturated rings. The molecule has 0 spiro atoms. The van der Waals surface area contributed by atoms with E-state index in [9.17, 15) is 9.59 Å². The fourth-order valence-electron chi connectivity index (χ4n) is 5.00. The molecule has 1 saturated heterocycles. The van der Waals surface area contributed by atoms with Crippen molar-refractivity contribution in [1.29, 1.82) is 0 Å². The van der Waals surface area contributed by atoms with Gasteiger partial charge in [0, 0.05) is 43.7 Å². The highest BCUT2D eigenvalue weighted by Gasteiger charge is 2.28. The first-order valence-electron chi connectivity index (χ1n) is 12.6. The summed E-state index contributed by atoms with van der Waals surface area (Å²) in [6.07, 6.45) is 0. The van der Waals surface area contributed by atoms with Gasteiger partial charge in [-0.2, -0.15) is 5.10 Å². The van der Waals surface area contributed by atoms with Crippen LogP contribution in [0.4, 0.5) is 0 Å². The molecule has 1 atom stereocenters. The molecule has 1 aliphatic heterocycles. The molecule has 36 heavy (non-hydrogen) atoms. The van der Waals surface area contributed by atoms with Crippen LogP contribution in [0, 0.1) is 13.8 Å². The zero-order valence-electron chi connectivity index (χ0n) is 21.1. The van der Waals surface area contributed by atoms with Crippen molar-refractivity contribution in [3.8, 4) is 11.3 Å². The molecular formula is C30H32N4O2. The van der Waals surface area contributed by atoms with Gasteiger partial charge < -0.3 is 4.90 Å². The molecule has 0 N–H and O–H groups in total. The van der Waals surface area contributed by atoms with E-state index in [0.717, 1.165) is 47.4 Å². The van der Waals surface area contributed by atoms with Crippen molar-refractivity contribution >= 4 is 16.7 Å². The summed E-state index contributed by atoms with van der Waals surface area (Å²) >= 11 is 0. The Bertz CT molecular complexity index is 1450. The van der Waals surface area contributed by atoms with Crippen molar-refractivity contribution in [3.63, 3.8) is 0 Å². The third kappa shape index (κ3) is 4.69. The Morgan fingerprint density at radius 1 is 0.889 bits per heavy atom. The standard InChI is InChI=1S/C30H32N4O2/c1-21-13-14-22(2)27(19-21)28-25-11-7-8-12-26(25)30(36)34(31-28)23(3)29(35)33-17-15-32(16-18-33)20-24-9-5-4-6-10-24/h4-14,19,23H,15-18,20H2,1-3H3/t23-/m0/s1. The molecule has 1 aromatic heterocycles. The molecule has 0 radical (unpaired) electrons. The second-order valence-electron chi connectivity index (χ2n) is 9.73. The molecule has 1 aliphatic rings. The lowest BCUT2D eigenvalue weighted by atomic mass is 9.99. The number of hydrogen-bond acceptors (Lipinski definition) is 4. The number of carbonyl (C=O) groups excluding carboxylic acids is 1. The quantitative estimate of drug-likeness (QED) is 0.419. The van der Waals surface area contributed by atoms with Crippen LogP contribution in [0.15, 0.2) is 77.6 Å². The minimum absolute atomic E-state index is 0.0637. The summed E-state index contributed by atoms with van der Waals surface area (Å²) < 4.78 is 1.39. The van der Waals surface area contributed by atoms with Crippen LogP contribution in [0.25, 0.3) is 22.0 Å². The normalized spacial score (nSPS) is 15.2. The molecule has 3 aromatic carbocycles. The molecule has 6 nitrogen and oxygen atoms in total. The van der Waals surface area contributed by atoms with Crippen molar-refractivity contribution in [2.24, 2.45) is 0 Å². The SMILES string of the molecule is Cc1ccc(C)c(-c2nn([C@@H](C)C(=O)N3CCN(Cc4ccccc4)CC3)c(=O)c3ccccc23)c1. The molecule has 1 amide bonds. The highest BCUT2D eigenvalue weighted by molar-refractivity contribution is 5.94. The van der Waals surface area contributed by atoms with E-state index in [1.807, 2.05) is 49.1 Å². The fourth-order valence-corrected chi connectivity index (χ4v) is 5.00. The van der Waals surface area contributed by atoms with E-state index in [2.05, 4.69) is 47.4 Å². The molecule has 0 saturated carbocycles. The number of aryl methyl sites for hydroxylation is 2. The third-order valence-electron chi connectivity index (χ3n) is 7.13. The topological polar surface area (TPSA) is 58.4 Å². The van der Waals surface area contributed by atoms with Gasteiger partial charge in [-0.15, -0.1) is 0 Å². The Morgan fingerprint density at radius 2 is 1.56 bits per heavy atom. The van der Waals surface area contributed by atoms with Crippen molar-refractivity contribution in [1.82, 2.24) is 19.6 Å². The van der Waals surface area contributed by atoms with E-state index >= 15 is 0 Å². The van der Waals surface area contributed by atoms with Gasteiger partial charge in [-0.3, -0.25) is 14.5 Å². The fraction of sp³-hybridized carbons (Fsp3) is 0.300. The molecule has 2 heterocycles. The van der Waals surface area contributed by atoms with Gasteiger partial charge >= 0.3 is 0 Å². The number of benzene rings is 3. The Morgan fingerprint density at radius 3 is 2.28 bits per heavy atom. The predicted molar refractivity (Wildman–Crippen MR) is 144 cm³/mol.